The zero-order valence-corrected chi connectivity index (χ0v) is 22.5. The Kier molecular flexibility index (Phi) is 7.74. The van der Waals surface area contributed by atoms with Gasteiger partial charge in [-0.2, -0.15) is 0 Å². The number of ether oxygens (including phenoxy) is 3. The first-order valence-electron chi connectivity index (χ1n) is 11.3. The molecular formula is C24H29N5O5S2. The molecule has 2 aromatic heterocycles. The Morgan fingerprint density at radius 1 is 1.19 bits per heavy atom. The van der Waals surface area contributed by atoms with Crippen molar-refractivity contribution in [3.63, 3.8) is 0 Å². The van der Waals surface area contributed by atoms with Crippen molar-refractivity contribution in [1.82, 2.24) is 14.8 Å². The van der Waals surface area contributed by atoms with Gasteiger partial charge in [0.1, 0.15) is 5.00 Å². The molecule has 0 radical (unpaired) electrons. The highest BCUT2D eigenvalue weighted by Gasteiger charge is 2.27. The maximum absolute atomic E-state index is 12.8. The Labute approximate surface area is 217 Å². The van der Waals surface area contributed by atoms with E-state index in [-0.39, 0.29) is 11.7 Å². The molecule has 3 aromatic rings. The summed E-state index contributed by atoms with van der Waals surface area (Å²) >= 11 is 2.69. The minimum Gasteiger partial charge on any atom is -0.493 e. The summed E-state index contributed by atoms with van der Waals surface area (Å²) in [5.41, 5.74) is 7.81. The fourth-order valence-corrected chi connectivity index (χ4v) is 6.44. The van der Waals surface area contributed by atoms with Gasteiger partial charge >= 0.3 is 0 Å². The van der Waals surface area contributed by atoms with Crippen LogP contribution in [-0.4, -0.2) is 53.7 Å². The summed E-state index contributed by atoms with van der Waals surface area (Å²) in [4.78, 5) is 26.1. The molecule has 12 heteroatoms. The summed E-state index contributed by atoms with van der Waals surface area (Å²) in [5, 5.41) is 12.5. The van der Waals surface area contributed by atoms with Crippen molar-refractivity contribution in [2.75, 3.05) is 32.4 Å². The lowest BCUT2D eigenvalue weighted by molar-refractivity contribution is -0.113. The Balaban J connectivity index is 1.49. The molecule has 1 aromatic carbocycles. The number of amides is 2. The molecule has 1 aliphatic rings. The van der Waals surface area contributed by atoms with E-state index >= 15 is 0 Å². The molecule has 10 nitrogen and oxygen atoms in total. The van der Waals surface area contributed by atoms with Gasteiger partial charge in [-0.15, -0.1) is 21.5 Å². The molecule has 0 saturated heterocycles. The second-order valence-electron chi connectivity index (χ2n) is 8.54. The third-order valence-electron chi connectivity index (χ3n) is 6.10. The number of nitrogens with zero attached hydrogens (tertiary/aromatic N) is 3. The standard InChI is InChI=1S/C24H29N5O5S2/c1-12-6-7-14-17(8-12)36-23(19(14)21(25)31)26-18(30)11-35-24-28-27-22(29(24)2)13-9-15(32-3)20(34-5)16(10-13)33-4/h9-10,12H,6-8,11H2,1-5H3,(H2,25,31)(H,26,30)/t12-/m1/s1. The number of methoxy groups -OCH3 is 3. The van der Waals surface area contributed by atoms with Crippen LogP contribution < -0.4 is 25.3 Å². The topological polar surface area (TPSA) is 131 Å². The minimum atomic E-state index is -0.506. The Bertz CT molecular complexity index is 1280. The predicted molar refractivity (Wildman–Crippen MR) is 139 cm³/mol. The fourth-order valence-electron chi connectivity index (χ4n) is 4.29. The summed E-state index contributed by atoms with van der Waals surface area (Å²) in [6, 6.07) is 3.58. The molecule has 1 atom stereocenters. The lowest BCUT2D eigenvalue weighted by Crippen LogP contribution is -2.20. The van der Waals surface area contributed by atoms with Crippen molar-refractivity contribution >= 4 is 39.9 Å². The van der Waals surface area contributed by atoms with Crippen molar-refractivity contribution in [3.05, 3.63) is 28.1 Å². The number of thioether (sulfide) groups is 1. The van der Waals surface area contributed by atoms with Gasteiger partial charge in [0.25, 0.3) is 5.91 Å². The Morgan fingerprint density at radius 3 is 2.50 bits per heavy atom. The summed E-state index contributed by atoms with van der Waals surface area (Å²) < 4.78 is 18.0. The van der Waals surface area contributed by atoms with Crippen molar-refractivity contribution in [3.8, 4) is 28.6 Å². The van der Waals surface area contributed by atoms with Gasteiger partial charge in [-0.25, -0.2) is 0 Å². The highest BCUT2D eigenvalue weighted by molar-refractivity contribution is 7.99. The average molecular weight is 532 g/mol. The van der Waals surface area contributed by atoms with Gasteiger partial charge in [0, 0.05) is 17.5 Å². The predicted octanol–water partition coefficient (Wildman–Crippen LogP) is 3.52. The third-order valence-corrected chi connectivity index (χ3v) is 8.29. The molecular weight excluding hydrogens is 502 g/mol. The van der Waals surface area contributed by atoms with Crippen LogP contribution in [0.1, 0.15) is 34.1 Å². The SMILES string of the molecule is COc1cc(-c2nnc(SCC(=O)Nc3sc4c(c3C(N)=O)CC[C@@H](C)C4)n2C)cc(OC)c1OC. The molecule has 0 fully saturated rings. The second kappa shape index (κ2) is 10.8. The molecule has 1 aliphatic carbocycles. The number of rotatable bonds is 9. The molecule has 3 N–H and O–H groups in total. The molecule has 0 bridgehead atoms. The van der Waals surface area contributed by atoms with Gasteiger partial charge in [-0.05, 0) is 42.9 Å². The summed E-state index contributed by atoms with van der Waals surface area (Å²) in [5.74, 6) is 1.96. The number of hydrogen-bond acceptors (Lipinski definition) is 9. The van der Waals surface area contributed by atoms with Crippen LogP contribution in [0.4, 0.5) is 5.00 Å². The number of nitrogens with two attached hydrogens (primary N) is 1. The number of benzene rings is 1. The minimum absolute atomic E-state index is 0.0956. The number of primary amides is 1. The summed E-state index contributed by atoms with van der Waals surface area (Å²) in [7, 11) is 6.46. The molecule has 0 unspecified atom stereocenters. The van der Waals surface area contributed by atoms with Gasteiger partial charge in [0.05, 0.1) is 32.6 Å². The van der Waals surface area contributed by atoms with Gasteiger partial charge in [0.15, 0.2) is 22.5 Å². The average Bonchev–Trinajstić information content (AvgIpc) is 3.40. The van der Waals surface area contributed by atoms with E-state index in [4.69, 9.17) is 19.9 Å². The van der Waals surface area contributed by atoms with Crippen LogP contribution in [0.2, 0.25) is 0 Å². The van der Waals surface area contributed by atoms with Crippen LogP contribution in [0.15, 0.2) is 17.3 Å². The molecule has 36 heavy (non-hydrogen) atoms. The van der Waals surface area contributed by atoms with Gasteiger partial charge in [-0.1, -0.05) is 18.7 Å². The first kappa shape index (κ1) is 25.8. The van der Waals surface area contributed by atoms with Crippen LogP contribution in [-0.2, 0) is 24.7 Å². The van der Waals surface area contributed by atoms with Crippen LogP contribution in [0.5, 0.6) is 17.2 Å². The lowest BCUT2D eigenvalue weighted by Gasteiger charge is -2.18. The van der Waals surface area contributed by atoms with Crippen molar-refractivity contribution in [2.45, 2.75) is 31.3 Å². The highest BCUT2D eigenvalue weighted by atomic mass is 32.2. The molecule has 192 valence electrons. The largest absolute Gasteiger partial charge is 0.493 e. The van der Waals surface area contributed by atoms with Gasteiger partial charge in [-0.3, -0.25) is 9.59 Å². The first-order valence-corrected chi connectivity index (χ1v) is 13.1. The first-order chi connectivity index (χ1) is 17.3. The van der Waals surface area contributed by atoms with Crippen LogP contribution in [0, 0.1) is 5.92 Å². The van der Waals surface area contributed by atoms with E-state index in [2.05, 4.69) is 22.4 Å². The molecule has 0 aliphatic heterocycles. The second-order valence-corrected chi connectivity index (χ2v) is 10.6. The summed E-state index contributed by atoms with van der Waals surface area (Å²) in [6.07, 6.45) is 2.71. The lowest BCUT2D eigenvalue weighted by atomic mass is 9.88. The molecule has 4 rings (SSSR count). The molecule has 0 spiro atoms. The van der Waals surface area contributed by atoms with E-state index < -0.39 is 5.91 Å². The molecule has 0 saturated carbocycles. The van der Waals surface area contributed by atoms with E-state index in [0.717, 1.165) is 35.3 Å². The van der Waals surface area contributed by atoms with E-state index in [1.807, 2.05) is 7.05 Å². The summed E-state index contributed by atoms with van der Waals surface area (Å²) in [6.45, 7) is 2.19. The van der Waals surface area contributed by atoms with Crippen molar-refractivity contribution < 1.29 is 23.8 Å². The molecule has 2 heterocycles. The number of fused-ring (bicyclic) bond motifs is 1. The number of carbonyl (C=O) groups excluding carboxylic acids is 2. The third kappa shape index (κ3) is 5.00. The van der Waals surface area contributed by atoms with E-state index in [1.165, 1.54) is 23.1 Å². The Hall–Kier alpha value is -3.25. The van der Waals surface area contributed by atoms with E-state index in [0.29, 0.717) is 44.7 Å². The van der Waals surface area contributed by atoms with Crippen LogP contribution in [0.3, 0.4) is 0 Å². The van der Waals surface area contributed by atoms with Crippen LogP contribution >= 0.6 is 23.1 Å². The zero-order valence-electron chi connectivity index (χ0n) is 20.8. The number of hydrogen-bond donors (Lipinski definition) is 2. The smallest absolute Gasteiger partial charge is 0.251 e. The van der Waals surface area contributed by atoms with Crippen LogP contribution in [0.25, 0.3) is 11.4 Å². The number of carbonyl (C=O) groups is 2. The number of aromatic nitrogens is 3. The molecule has 2 amide bonds. The number of anilines is 1. The number of thiophene rings is 1. The van der Waals surface area contributed by atoms with E-state index in [1.54, 1.807) is 38.0 Å². The quantitative estimate of drug-likeness (QED) is 0.401. The fraction of sp³-hybridized carbons (Fsp3) is 0.417. The normalized spacial score (nSPS) is 14.8. The Morgan fingerprint density at radius 2 is 1.89 bits per heavy atom. The zero-order chi connectivity index (χ0) is 26.0. The van der Waals surface area contributed by atoms with Crippen molar-refractivity contribution in [2.24, 2.45) is 18.7 Å². The number of nitrogens with one attached hydrogen (secondary N) is 1. The van der Waals surface area contributed by atoms with Crippen molar-refractivity contribution in [1.29, 1.82) is 0 Å². The monoisotopic (exact) mass is 531 g/mol. The van der Waals surface area contributed by atoms with Gasteiger partial charge in [0.2, 0.25) is 11.7 Å². The maximum atomic E-state index is 12.8. The highest BCUT2D eigenvalue weighted by Crippen LogP contribution is 2.41. The van der Waals surface area contributed by atoms with E-state index in [9.17, 15) is 9.59 Å². The van der Waals surface area contributed by atoms with Gasteiger partial charge < -0.3 is 29.8 Å². The maximum Gasteiger partial charge on any atom is 0.251 e.